The number of nitro groups is 1. The number of anilines is 3. The van der Waals surface area contributed by atoms with Gasteiger partial charge in [0.05, 0.1) is 16.0 Å². The minimum atomic E-state index is -0.451. The number of para-hydroxylation sites is 2. The average molecular weight is 441 g/mol. The highest BCUT2D eigenvalue weighted by molar-refractivity contribution is 7.99. The normalized spacial score (nSPS) is 10.8. The van der Waals surface area contributed by atoms with Crippen LogP contribution >= 0.6 is 23.4 Å². The van der Waals surface area contributed by atoms with Gasteiger partial charge in [0.1, 0.15) is 5.82 Å². The molecule has 0 aliphatic rings. The Morgan fingerprint density at radius 2 is 1.87 bits per heavy atom. The molecular weight excluding hydrogens is 424 g/mol. The van der Waals surface area contributed by atoms with E-state index >= 15 is 0 Å². The fraction of sp³-hybridized carbons (Fsp3) is 0.100. The van der Waals surface area contributed by atoms with Crippen molar-refractivity contribution in [1.29, 1.82) is 0 Å². The van der Waals surface area contributed by atoms with Crippen molar-refractivity contribution in [3.63, 3.8) is 0 Å². The highest BCUT2D eigenvalue weighted by Gasteiger charge is 2.16. The number of nitrogens with zero attached hydrogens (tertiary/aromatic N) is 3. The molecule has 3 N–H and O–H groups in total. The van der Waals surface area contributed by atoms with Crippen LogP contribution in [0.15, 0.2) is 65.8 Å². The van der Waals surface area contributed by atoms with E-state index in [2.05, 4.69) is 25.6 Å². The number of imidazole rings is 1. The first-order valence-corrected chi connectivity index (χ1v) is 10.4. The molecule has 30 heavy (non-hydrogen) atoms. The molecule has 10 heteroatoms. The third-order valence-electron chi connectivity index (χ3n) is 4.19. The lowest BCUT2D eigenvalue weighted by Crippen LogP contribution is -2.09. The Labute approximate surface area is 181 Å². The van der Waals surface area contributed by atoms with Crippen LogP contribution in [0.5, 0.6) is 0 Å². The third kappa shape index (κ3) is 4.81. The van der Waals surface area contributed by atoms with Crippen molar-refractivity contribution in [3.8, 4) is 0 Å². The lowest BCUT2D eigenvalue weighted by molar-refractivity contribution is -0.384. The maximum absolute atomic E-state index is 11.4. The van der Waals surface area contributed by atoms with Crippen molar-refractivity contribution in [3.05, 3.63) is 75.8 Å². The first-order valence-electron chi connectivity index (χ1n) is 9.08. The van der Waals surface area contributed by atoms with Crippen molar-refractivity contribution in [1.82, 2.24) is 15.0 Å². The van der Waals surface area contributed by atoms with E-state index in [0.29, 0.717) is 23.1 Å². The second kappa shape index (κ2) is 9.02. The van der Waals surface area contributed by atoms with Gasteiger partial charge in [-0.25, -0.2) is 9.97 Å². The zero-order valence-corrected chi connectivity index (χ0v) is 17.2. The molecule has 0 aliphatic heterocycles. The van der Waals surface area contributed by atoms with Crippen LogP contribution in [0.3, 0.4) is 0 Å². The summed E-state index contributed by atoms with van der Waals surface area (Å²) in [4.78, 5) is 23.0. The van der Waals surface area contributed by atoms with Crippen molar-refractivity contribution >= 4 is 57.4 Å². The first kappa shape index (κ1) is 20.0. The number of H-pyrrole nitrogens is 1. The van der Waals surface area contributed by atoms with Gasteiger partial charge in [0, 0.05) is 29.1 Å². The summed E-state index contributed by atoms with van der Waals surface area (Å²) in [5, 5.41) is 19.0. The van der Waals surface area contributed by atoms with E-state index in [1.54, 1.807) is 18.2 Å². The van der Waals surface area contributed by atoms with Gasteiger partial charge < -0.3 is 15.6 Å². The van der Waals surface area contributed by atoms with Gasteiger partial charge in [0.2, 0.25) is 5.82 Å². The molecular formula is C20H17ClN6O2S. The summed E-state index contributed by atoms with van der Waals surface area (Å²) in [6.45, 7) is 0.486. The molecule has 0 amide bonds. The minimum absolute atomic E-state index is 0.0783. The quantitative estimate of drug-likeness (QED) is 0.144. The molecule has 0 spiro atoms. The molecule has 0 radical (unpaired) electrons. The van der Waals surface area contributed by atoms with Gasteiger partial charge in [-0.2, -0.15) is 0 Å². The molecule has 0 bridgehead atoms. The molecule has 2 aromatic heterocycles. The fourth-order valence-corrected chi connectivity index (χ4v) is 3.66. The van der Waals surface area contributed by atoms with Crippen LogP contribution in [0.25, 0.3) is 11.0 Å². The number of nitrogens with one attached hydrogen (secondary N) is 3. The SMILES string of the molecule is O=[N+]([O-])c1ccc(Nc2ccc(Cl)cc2)nc1NCCSc1nc2ccccc2[nH]1. The summed E-state index contributed by atoms with van der Waals surface area (Å²) in [5.74, 6) is 1.37. The number of hydrogen-bond donors (Lipinski definition) is 3. The molecule has 0 unspecified atom stereocenters. The fourth-order valence-electron chi connectivity index (χ4n) is 2.79. The summed E-state index contributed by atoms with van der Waals surface area (Å²) in [5.41, 5.74) is 2.59. The third-order valence-corrected chi connectivity index (χ3v) is 5.32. The second-order valence-electron chi connectivity index (χ2n) is 6.29. The van der Waals surface area contributed by atoms with Gasteiger partial charge in [0.25, 0.3) is 0 Å². The summed E-state index contributed by atoms with van der Waals surface area (Å²) in [6.07, 6.45) is 0. The number of rotatable bonds is 8. The van der Waals surface area contributed by atoms with E-state index in [9.17, 15) is 10.1 Å². The monoisotopic (exact) mass is 440 g/mol. The maximum Gasteiger partial charge on any atom is 0.311 e. The number of aromatic amines is 1. The molecule has 0 fully saturated rings. The Morgan fingerprint density at radius 1 is 1.07 bits per heavy atom. The van der Waals surface area contributed by atoms with Crippen LogP contribution in [0.4, 0.5) is 23.0 Å². The topological polar surface area (TPSA) is 109 Å². The van der Waals surface area contributed by atoms with Crippen molar-refractivity contribution in [2.45, 2.75) is 5.16 Å². The number of benzene rings is 2. The first-order chi connectivity index (χ1) is 14.6. The van der Waals surface area contributed by atoms with Gasteiger partial charge >= 0.3 is 5.69 Å². The Hall–Kier alpha value is -3.30. The van der Waals surface area contributed by atoms with Crippen LogP contribution < -0.4 is 10.6 Å². The van der Waals surface area contributed by atoms with Crippen LogP contribution in [0.2, 0.25) is 5.02 Å². The summed E-state index contributed by atoms with van der Waals surface area (Å²) < 4.78 is 0. The molecule has 0 saturated heterocycles. The van der Waals surface area contributed by atoms with Crippen LogP contribution in [-0.2, 0) is 0 Å². The lowest BCUT2D eigenvalue weighted by Gasteiger charge is -2.10. The van der Waals surface area contributed by atoms with E-state index in [4.69, 9.17) is 11.6 Å². The van der Waals surface area contributed by atoms with Crippen molar-refractivity contribution in [2.75, 3.05) is 22.9 Å². The van der Waals surface area contributed by atoms with Gasteiger partial charge in [-0.15, -0.1) is 0 Å². The molecule has 8 nitrogen and oxygen atoms in total. The molecule has 4 rings (SSSR count). The lowest BCUT2D eigenvalue weighted by atomic mass is 10.3. The van der Waals surface area contributed by atoms with E-state index in [-0.39, 0.29) is 11.5 Å². The van der Waals surface area contributed by atoms with Crippen LogP contribution in [0, 0.1) is 10.1 Å². The molecule has 0 aliphatic carbocycles. The summed E-state index contributed by atoms with van der Waals surface area (Å²) in [6, 6.07) is 17.9. The number of thioether (sulfide) groups is 1. The van der Waals surface area contributed by atoms with E-state index < -0.39 is 4.92 Å². The Morgan fingerprint density at radius 3 is 2.63 bits per heavy atom. The smallest absolute Gasteiger partial charge is 0.311 e. The molecule has 2 heterocycles. The highest BCUT2D eigenvalue weighted by atomic mass is 35.5. The molecule has 0 saturated carbocycles. The van der Waals surface area contributed by atoms with E-state index in [1.807, 2.05) is 36.4 Å². The Kier molecular flexibility index (Phi) is 6.01. The standard InChI is InChI=1S/C20H17ClN6O2S/c21-13-5-7-14(8-6-13)23-18-10-9-17(27(28)29)19(26-18)22-11-12-30-20-24-15-3-1-2-4-16(15)25-20/h1-10H,11-12H2,(H,24,25)(H2,22,23,26). The second-order valence-corrected chi connectivity index (χ2v) is 7.81. The van der Waals surface area contributed by atoms with Gasteiger partial charge in [-0.05, 0) is 42.5 Å². The summed E-state index contributed by atoms with van der Waals surface area (Å²) >= 11 is 7.43. The number of pyridine rings is 1. The van der Waals surface area contributed by atoms with Crippen LogP contribution in [0.1, 0.15) is 0 Å². The number of halogens is 1. The predicted octanol–water partition coefficient (Wildman–Crippen LogP) is 5.47. The van der Waals surface area contributed by atoms with Gasteiger partial charge in [-0.1, -0.05) is 35.5 Å². The average Bonchev–Trinajstić information content (AvgIpc) is 3.16. The van der Waals surface area contributed by atoms with E-state index in [1.165, 1.54) is 17.8 Å². The largest absolute Gasteiger partial charge is 0.363 e. The Bertz CT molecular complexity index is 1150. The molecule has 2 aromatic carbocycles. The molecule has 0 atom stereocenters. The maximum atomic E-state index is 11.4. The summed E-state index contributed by atoms with van der Waals surface area (Å²) in [7, 11) is 0. The molecule has 152 valence electrons. The van der Waals surface area contributed by atoms with Crippen LogP contribution in [-0.4, -0.2) is 32.2 Å². The zero-order valence-electron chi connectivity index (χ0n) is 15.6. The number of aromatic nitrogens is 3. The Balaban J connectivity index is 1.40. The van der Waals surface area contributed by atoms with Gasteiger partial charge in [-0.3, -0.25) is 10.1 Å². The number of hydrogen-bond acceptors (Lipinski definition) is 7. The van der Waals surface area contributed by atoms with Crippen molar-refractivity contribution in [2.24, 2.45) is 0 Å². The van der Waals surface area contributed by atoms with Gasteiger partial charge in [0.15, 0.2) is 5.16 Å². The number of fused-ring (bicyclic) bond motifs is 1. The predicted molar refractivity (Wildman–Crippen MR) is 121 cm³/mol. The minimum Gasteiger partial charge on any atom is -0.363 e. The van der Waals surface area contributed by atoms with Crippen molar-refractivity contribution < 1.29 is 4.92 Å². The van der Waals surface area contributed by atoms with E-state index in [0.717, 1.165) is 21.9 Å². The zero-order chi connectivity index (χ0) is 20.9. The molecule has 4 aromatic rings. The highest BCUT2D eigenvalue weighted by Crippen LogP contribution is 2.26.